The van der Waals surface area contributed by atoms with Crippen molar-refractivity contribution >= 4 is 11.7 Å². The molecule has 1 aromatic rings. The van der Waals surface area contributed by atoms with E-state index in [9.17, 15) is 4.79 Å². The molecular weight excluding hydrogens is 240 g/mol. The van der Waals surface area contributed by atoms with Crippen LogP contribution in [0.25, 0.3) is 0 Å². The Hall–Kier alpha value is -1.55. The average molecular weight is 262 g/mol. The Labute approximate surface area is 115 Å². The first-order valence-electron chi connectivity index (χ1n) is 6.69. The number of hydrogen-bond acceptors (Lipinski definition) is 4. The zero-order chi connectivity index (χ0) is 13.9. The molecule has 0 N–H and O–H groups in total. The number of nitrogens with zero attached hydrogens (tertiary/aromatic N) is 2. The van der Waals surface area contributed by atoms with Gasteiger partial charge in [-0.1, -0.05) is 18.2 Å². The molecule has 0 saturated carbocycles. The number of anilines is 1. The summed E-state index contributed by atoms with van der Waals surface area (Å²) in [4.78, 5) is 16.4. The third-order valence-corrected chi connectivity index (χ3v) is 3.88. The van der Waals surface area contributed by atoms with Crippen LogP contribution in [0.1, 0.15) is 13.8 Å². The molecule has 0 spiro atoms. The lowest BCUT2D eigenvalue weighted by molar-refractivity contribution is -0.153. The van der Waals surface area contributed by atoms with Gasteiger partial charge in [0.25, 0.3) is 0 Å². The van der Waals surface area contributed by atoms with Crippen LogP contribution in [0.5, 0.6) is 0 Å². The van der Waals surface area contributed by atoms with Crippen LogP contribution in [0.2, 0.25) is 0 Å². The SMILES string of the molecule is COC(=O)C(C)(C)N1CCN(c2ccccc2)CC1. The quantitative estimate of drug-likeness (QED) is 0.777. The van der Waals surface area contributed by atoms with E-state index in [1.807, 2.05) is 19.9 Å². The van der Waals surface area contributed by atoms with E-state index in [2.05, 4.69) is 34.1 Å². The Morgan fingerprint density at radius 3 is 2.21 bits per heavy atom. The van der Waals surface area contributed by atoms with Gasteiger partial charge in [0, 0.05) is 31.9 Å². The molecule has 1 saturated heterocycles. The number of ether oxygens (including phenoxy) is 1. The summed E-state index contributed by atoms with van der Waals surface area (Å²) in [5.74, 6) is -0.166. The minimum atomic E-state index is -0.544. The van der Waals surface area contributed by atoms with Gasteiger partial charge in [-0.15, -0.1) is 0 Å². The van der Waals surface area contributed by atoms with E-state index in [0.29, 0.717) is 0 Å². The Kier molecular flexibility index (Phi) is 4.10. The molecule has 4 heteroatoms. The maximum absolute atomic E-state index is 11.8. The van der Waals surface area contributed by atoms with Gasteiger partial charge in [-0.3, -0.25) is 9.69 Å². The second kappa shape index (κ2) is 5.61. The number of carbonyl (C=O) groups excluding carboxylic acids is 1. The molecule has 0 radical (unpaired) electrons. The first-order chi connectivity index (χ1) is 9.05. The third kappa shape index (κ3) is 2.89. The summed E-state index contributed by atoms with van der Waals surface area (Å²) < 4.78 is 4.89. The van der Waals surface area contributed by atoms with Crippen LogP contribution < -0.4 is 4.90 Å². The number of methoxy groups -OCH3 is 1. The van der Waals surface area contributed by atoms with Crippen molar-refractivity contribution in [2.45, 2.75) is 19.4 Å². The lowest BCUT2D eigenvalue weighted by atomic mass is 10.0. The number of benzene rings is 1. The molecule has 1 heterocycles. The zero-order valence-electron chi connectivity index (χ0n) is 11.9. The molecule has 1 aliphatic rings. The molecule has 19 heavy (non-hydrogen) atoms. The predicted molar refractivity (Wildman–Crippen MR) is 76.3 cm³/mol. The van der Waals surface area contributed by atoms with Gasteiger partial charge in [0.1, 0.15) is 5.54 Å². The van der Waals surface area contributed by atoms with Crippen molar-refractivity contribution in [3.63, 3.8) is 0 Å². The molecule has 1 aliphatic heterocycles. The maximum atomic E-state index is 11.8. The Morgan fingerprint density at radius 2 is 1.68 bits per heavy atom. The van der Waals surface area contributed by atoms with Gasteiger partial charge in [0.05, 0.1) is 7.11 Å². The van der Waals surface area contributed by atoms with E-state index in [1.165, 1.54) is 12.8 Å². The monoisotopic (exact) mass is 262 g/mol. The summed E-state index contributed by atoms with van der Waals surface area (Å²) >= 11 is 0. The summed E-state index contributed by atoms with van der Waals surface area (Å²) in [6.45, 7) is 7.47. The standard InChI is InChI=1S/C15H22N2O2/c1-15(2,14(18)19-3)17-11-9-16(10-12-17)13-7-5-4-6-8-13/h4-8H,9-12H2,1-3H3. The fourth-order valence-electron chi connectivity index (χ4n) is 2.54. The van der Waals surface area contributed by atoms with Gasteiger partial charge in [0.15, 0.2) is 0 Å². The molecule has 1 aromatic carbocycles. The third-order valence-electron chi connectivity index (χ3n) is 3.88. The van der Waals surface area contributed by atoms with Crippen LogP contribution in [0.3, 0.4) is 0 Å². The number of hydrogen-bond donors (Lipinski definition) is 0. The lowest BCUT2D eigenvalue weighted by Crippen LogP contribution is -2.58. The first-order valence-corrected chi connectivity index (χ1v) is 6.69. The molecule has 0 bridgehead atoms. The van der Waals surface area contributed by atoms with Crippen molar-refractivity contribution in [1.29, 1.82) is 0 Å². The highest BCUT2D eigenvalue weighted by Gasteiger charge is 2.37. The van der Waals surface area contributed by atoms with Crippen LogP contribution in [0, 0.1) is 0 Å². The van der Waals surface area contributed by atoms with Gasteiger partial charge in [0.2, 0.25) is 0 Å². The van der Waals surface area contributed by atoms with Crippen LogP contribution in [0.15, 0.2) is 30.3 Å². The second-order valence-corrected chi connectivity index (χ2v) is 5.36. The van der Waals surface area contributed by atoms with Crippen molar-refractivity contribution in [2.75, 3.05) is 38.2 Å². The average Bonchev–Trinajstić information content (AvgIpc) is 2.47. The highest BCUT2D eigenvalue weighted by Crippen LogP contribution is 2.21. The van der Waals surface area contributed by atoms with Crippen LogP contribution in [-0.2, 0) is 9.53 Å². The maximum Gasteiger partial charge on any atom is 0.325 e. The van der Waals surface area contributed by atoms with Gasteiger partial charge >= 0.3 is 5.97 Å². The Bertz CT molecular complexity index is 423. The summed E-state index contributed by atoms with van der Waals surface area (Å²) in [7, 11) is 1.45. The first kappa shape index (κ1) is 13.9. The molecule has 4 nitrogen and oxygen atoms in total. The number of carbonyl (C=O) groups is 1. The molecule has 1 fully saturated rings. The lowest BCUT2D eigenvalue weighted by Gasteiger charge is -2.42. The molecule has 0 amide bonds. The van der Waals surface area contributed by atoms with Crippen molar-refractivity contribution in [3.05, 3.63) is 30.3 Å². The molecule has 0 aromatic heterocycles. The highest BCUT2D eigenvalue weighted by atomic mass is 16.5. The molecule has 0 unspecified atom stereocenters. The fraction of sp³-hybridized carbons (Fsp3) is 0.533. The normalized spacial score (nSPS) is 17.3. The smallest absolute Gasteiger partial charge is 0.325 e. The Balaban J connectivity index is 1.98. The van der Waals surface area contributed by atoms with Gasteiger partial charge in [-0.05, 0) is 26.0 Å². The van der Waals surface area contributed by atoms with E-state index in [4.69, 9.17) is 4.74 Å². The number of rotatable bonds is 3. The van der Waals surface area contributed by atoms with E-state index < -0.39 is 5.54 Å². The second-order valence-electron chi connectivity index (χ2n) is 5.36. The van der Waals surface area contributed by atoms with E-state index in [-0.39, 0.29) is 5.97 Å². The van der Waals surface area contributed by atoms with Gasteiger partial charge < -0.3 is 9.64 Å². The summed E-state index contributed by atoms with van der Waals surface area (Å²) in [6, 6.07) is 10.4. The van der Waals surface area contributed by atoms with Crippen molar-refractivity contribution < 1.29 is 9.53 Å². The summed E-state index contributed by atoms with van der Waals surface area (Å²) in [5, 5.41) is 0. The molecule has 0 atom stereocenters. The van der Waals surface area contributed by atoms with Crippen molar-refractivity contribution in [1.82, 2.24) is 4.90 Å². The fourth-order valence-corrected chi connectivity index (χ4v) is 2.54. The predicted octanol–water partition coefficient (Wildman–Crippen LogP) is 1.76. The molecule has 0 aliphatic carbocycles. The minimum absolute atomic E-state index is 0.166. The molecule has 2 rings (SSSR count). The summed E-state index contributed by atoms with van der Waals surface area (Å²) in [6.07, 6.45) is 0. The van der Waals surface area contributed by atoms with Crippen LogP contribution >= 0.6 is 0 Å². The topological polar surface area (TPSA) is 32.8 Å². The number of esters is 1. The van der Waals surface area contributed by atoms with Gasteiger partial charge in [-0.2, -0.15) is 0 Å². The largest absolute Gasteiger partial charge is 0.468 e. The molecular formula is C15H22N2O2. The minimum Gasteiger partial charge on any atom is -0.468 e. The van der Waals surface area contributed by atoms with Crippen molar-refractivity contribution in [2.24, 2.45) is 0 Å². The van der Waals surface area contributed by atoms with E-state index in [0.717, 1.165) is 26.2 Å². The van der Waals surface area contributed by atoms with Crippen LogP contribution in [0.4, 0.5) is 5.69 Å². The van der Waals surface area contributed by atoms with Gasteiger partial charge in [-0.25, -0.2) is 0 Å². The van der Waals surface area contributed by atoms with Crippen LogP contribution in [-0.4, -0.2) is 49.7 Å². The number of piperazine rings is 1. The Morgan fingerprint density at radius 1 is 1.11 bits per heavy atom. The zero-order valence-corrected chi connectivity index (χ0v) is 11.9. The number of para-hydroxylation sites is 1. The highest BCUT2D eigenvalue weighted by molar-refractivity contribution is 5.79. The van der Waals surface area contributed by atoms with E-state index >= 15 is 0 Å². The molecule has 104 valence electrons. The van der Waals surface area contributed by atoms with Crippen molar-refractivity contribution in [3.8, 4) is 0 Å². The van der Waals surface area contributed by atoms with E-state index in [1.54, 1.807) is 0 Å². The summed E-state index contributed by atoms with van der Waals surface area (Å²) in [5.41, 5.74) is 0.704.